The molecule has 294 valence electrons. The van der Waals surface area contributed by atoms with Crippen molar-refractivity contribution in [3.8, 4) is 11.4 Å². The van der Waals surface area contributed by atoms with E-state index in [2.05, 4.69) is 53.8 Å². The average molecular weight is 790 g/mol. The lowest BCUT2D eigenvalue weighted by Gasteiger charge is -2.33. The van der Waals surface area contributed by atoms with Crippen molar-refractivity contribution in [1.82, 2.24) is 43.8 Å². The monoisotopic (exact) mass is 789 g/mol. The van der Waals surface area contributed by atoms with Gasteiger partial charge in [-0.05, 0) is 80.1 Å². The highest BCUT2D eigenvalue weighted by Crippen LogP contribution is 2.36. The molecular formula is C38H42F3N11O3S. The van der Waals surface area contributed by atoms with Crippen LogP contribution in [0.25, 0.3) is 22.3 Å². The number of aryl methyl sites for hydroxylation is 2. The zero-order chi connectivity index (χ0) is 39.1. The topological polar surface area (TPSA) is 146 Å². The Labute approximate surface area is 323 Å². The number of carbonyl (C=O) groups is 2. The number of piperidine rings is 2. The van der Waals surface area contributed by atoms with Gasteiger partial charge in [-0.3, -0.25) is 24.6 Å². The molecule has 3 saturated heterocycles. The van der Waals surface area contributed by atoms with Gasteiger partial charge < -0.3 is 9.88 Å². The smallest absolute Gasteiger partial charge is 0.351 e. The zero-order valence-electron chi connectivity index (χ0n) is 31.0. The minimum Gasteiger partial charge on any atom is -0.351 e. The van der Waals surface area contributed by atoms with Gasteiger partial charge in [0.1, 0.15) is 27.9 Å². The second kappa shape index (κ2) is 15.4. The maximum Gasteiger partial charge on any atom is 0.420 e. The molecule has 0 saturated carbocycles. The molecule has 6 heterocycles. The maximum absolute atomic E-state index is 13.7. The number of benzene rings is 2. The molecule has 8 rings (SSSR count). The Morgan fingerprint density at radius 2 is 1.75 bits per heavy atom. The van der Waals surface area contributed by atoms with Crippen LogP contribution in [0.4, 0.5) is 29.7 Å². The van der Waals surface area contributed by atoms with E-state index >= 15 is 0 Å². The number of fused-ring (bicyclic) bond motifs is 1. The Morgan fingerprint density at radius 1 is 0.964 bits per heavy atom. The first-order valence-corrected chi connectivity index (χ1v) is 19.8. The lowest BCUT2D eigenvalue weighted by molar-refractivity contribution is -0.137. The van der Waals surface area contributed by atoms with Crippen molar-refractivity contribution in [1.29, 1.82) is 0 Å². The minimum absolute atomic E-state index is 0.0924. The van der Waals surface area contributed by atoms with E-state index in [0.717, 1.165) is 60.0 Å². The average Bonchev–Trinajstić information content (AvgIpc) is 3.77. The number of alkyl halides is 3. The number of hydrogen-bond acceptors (Lipinski definition) is 9. The number of nitrogens with zero attached hydrogens (tertiary/aromatic N) is 9. The highest BCUT2D eigenvalue weighted by Gasteiger charge is 2.36. The van der Waals surface area contributed by atoms with E-state index in [9.17, 15) is 27.0 Å². The van der Waals surface area contributed by atoms with Gasteiger partial charge in [-0.15, -0.1) is 0 Å². The van der Waals surface area contributed by atoms with E-state index in [1.165, 1.54) is 23.0 Å². The SMILES string of the molecule is Cn1cnc(-c2nc(NC3CCN(S(=O)c4cccc(CN5CCC(c6ccc7c(N8CCC(=O)NC8=O)nn(C)c7c6)CC5)c4)CC3)ncc2C(F)(F)F)c1. The molecule has 3 aliphatic heterocycles. The fraction of sp³-hybridized carbons (Fsp3) is 0.421. The second-order valence-corrected chi connectivity index (χ2v) is 16.1. The second-order valence-electron chi connectivity index (χ2n) is 14.7. The van der Waals surface area contributed by atoms with Gasteiger partial charge in [0.05, 0.1) is 16.7 Å². The molecule has 0 aliphatic carbocycles. The molecule has 3 fully saturated rings. The van der Waals surface area contributed by atoms with Gasteiger partial charge in [-0.1, -0.05) is 18.2 Å². The summed E-state index contributed by atoms with van der Waals surface area (Å²) in [7, 11) is 2.18. The van der Waals surface area contributed by atoms with Crippen LogP contribution in [-0.4, -0.2) is 93.4 Å². The normalized spacial score (nSPS) is 18.8. The molecule has 0 bridgehead atoms. The number of nitrogens with one attached hydrogen (secondary N) is 2. The predicted octanol–water partition coefficient (Wildman–Crippen LogP) is 5.21. The van der Waals surface area contributed by atoms with E-state index < -0.39 is 28.8 Å². The molecule has 1 unspecified atom stereocenters. The van der Waals surface area contributed by atoms with Gasteiger partial charge in [-0.2, -0.15) is 18.3 Å². The van der Waals surface area contributed by atoms with Gasteiger partial charge in [0.25, 0.3) is 0 Å². The van der Waals surface area contributed by atoms with Gasteiger partial charge in [0.2, 0.25) is 11.9 Å². The summed E-state index contributed by atoms with van der Waals surface area (Å²) in [6.45, 7) is 3.96. The molecule has 1 atom stereocenters. The molecule has 14 nitrogen and oxygen atoms in total. The lowest BCUT2D eigenvalue weighted by atomic mass is 9.89. The first-order valence-electron chi connectivity index (χ1n) is 18.6. The van der Waals surface area contributed by atoms with Crippen molar-refractivity contribution in [3.63, 3.8) is 0 Å². The van der Waals surface area contributed by atoms with Crippen LogP contribution in [0.2, 0.25) is 0 Å². The first-order chi connectivity index (χ1) is 26.9. The van der Waals surface area contributed by atoms with Crippen molar-refractivity contribution >= 4 is 45.6 Å². The van der Waals surface area contributed by atoms with Crippen LogP contribution in [-0.2, 0) is 42.6 Å². The van der Waals surface area contributed by atoms with Crippen molar-refractivity contribution in [2.45, 2.75) is 61.7 Å². The molecule has 3 aromatic heterocycles. The lowest BCUT2D eigenvalue weighted by Crippen LogP contribution is -2.49. The minimum atomic E-state index is -4.62. The van der Waals surface area contributed by atoms with Gasteiger partial charge in [0, 0.05) is 70.5 Å². The van der Waals surface area contributed by atoms with Gasteiger partial charge in [0.15, 0.2) is 5.82 Å². The number of amides is 3. The number of carbonyl (C=O) groups excluding carboxylic acids is 2. The Hall–Kier alpha value is -5.20. The van der Waals surface area contributed by atoms with E-state index in [1.54, 1.807) is 16.3 Å². The summed E-state index contributed by atoms with van der Waals surface area (Å²) >= 11 is 0. The van der Waals surface area contributed by atoms with Crippen LogP contribution >= 0.6 is 0 Å². The number of rotatable bonds is 9. The fourth-order valence-electron chi connectivity index (χ4n) is 7.80. The zero-order valence-corrected chi connectivity index (χ0v) is 31.8. The Bertz CT molecular complexity index is 2290. The number of urea groups is 1. The van der Waals surface area contributed by atoms with Gasteiger partial charge >= 0.3 is 12.2 Å². The summed E-state index contributed by atoms with van der Waals surface area (Å²) in [5.41, 5.74) is 2.18. The highest BCUT2D eigenvalue weighted by atomic mass is 32.2. The molecule has 0 radical (unpaired) electrons. The molecule has 2 N–H and O–H groups in total. The van der Waals surface area contributed by atoms with Crippen molar-refractivity contribution in [3.05, 3.63) is 77.9 Å². The number of anilines is 2. The number of likely N-dealkylation sites (tertiary alicyclic amines) is 1. The number of imidazole rings is 1. The highest BCUT2D eigenvalue weighted by molar-refractivity contribution is 7.82. The number of imide groups is 1. The standard InChI is InChI=1S/C38H42F3N11O3S/c1-48-22-31(43-23-48)34-30(38(39,40)41)20-42-36(46-34)44-27-10-15-51(16-11-27)56(55)28-5-3-4-24(18-28)21-50-13-8-25(9-14-50)26-6-7-29-32(19-26)49(2)47-35(29)52-17-12-33(53)45-37(52)54/h3-7,18-20,22-23,25,27H,8-17,21H2,1-2H3,(H,42,44,46)(H,45,53,54). The summed E-state index contributed by atoms with van der Waals surface area (Å²) in [4.78, 5) is 41.1. The van der Waals surface area contributed by atoms with Crippen molar-refractivity contribution in [2.24, 2.45) is 14.1 Å². The molecule has 5 aromatic rings. The summed E-state index contributed by atoms with van der Waals surface area (Å²) in [5, 5.41) is 11.1. The van der Waals surface area contributed by atoms with Crippen LogP contribution < -0.4 is 15.5 Å². The molecular weight excluding hydrogens is 748 g/mol. The predicted molar refractivity (Wildman–Crippen MR) is 204 cm³/mol. The summed E-state index contributed by atoms with van der Waals surface area (Å²) in [6.07, 6.45) is 2.54. The molecule has 0 spiro atoms. The van der Waals surface area contributed by atoms with E-state index in [4.69, 9.17) is 0 Å². The summed E-state index contributed by atoms with van der Waals surface area (Å²) < 4.78 is 60.2. The summed E-state index contributed by atoms with van der Waals surface area (Å²) in [6, 6.07) is 13.7. The third-order valence-corrected chi connectivity index (χ3v) is 12.3. The largest absolute Gasteiger partial charge is 0.420 e. The number of hydrogen-bond donors (Lipinski definition) is 2. The Kier molecular flexibility index (Phi) is 10.4. The van der Waals surface area contributed by atoms with Gasteiger partial charge in [-0.25, -0.2) is 28.3 Å². The van der Waals surface area contributed by atoms with E-state index in [0.29, 0.717) is 44.2 Å². The molecule has 2 aromatic carbocycles. The van der Waals surface area contributed by atoms with Crippen LogP contribution in [0, 0.1) is 0 Å². The van der Waals surface area contributed by atoms with Crippen molar-refractivity contribution in [2.75, 3.05) is 42.9 Å². The quantitative estimate of drug-likeness (QED) is 0.206. The molecule has 56 heavy (non-hydrogen) atoms. The Morgan fingerprint density at radius 3 is 2.46 bits per heavy atom. The molecule has 3 amide bonds. The first kappa shape index (κ1) is 37.7. The van der Waals surface area contributed by atoms with E-state index in [1.807, 2.05) is 35.6 Å². The molecule has 3 aliphatic rings. The third-order valence-electron chi connectivity index (χ3n) is 10.8. The Balaban J connectivity index is 0.844. The summed E-state index contributed by atoms with van der Waals surface area (Å²) in [5.74, 6) is 0.765. The maximum atomic E-state index is 13.7. The van der Waals surface area contributed by atoms with E-state index in [-0.39, 0.29) is 35.7 Å². The van der Waals surface area contributed by atoms with Crippen LogP contribution in [0.3, 0.4) is 0 Å². The van der Waals surface area contributed by atoms with Crippen molar-refractivity contribution < 1.29 is 27.0 Å². The van der Waals surface area contributed by atoms with Crippen LogP contribution in [0.1, 0.15) is 54.7 Å². The molecule has 18 heteroatoms. The number of halogens is 3. The third kappa shape index (κ3) is 7.90. The number of aromatic nitrogens is 6. The fourth-order valence-corrected chi connectivity index (χ4v) is 9.08. The van der Waals surface area contributed by atoms with Crippen LogP contribution in [0.5, 0.6) is 0 Å². The van der Waals surface area contributed by atoms with Crippen LogP contribution in [0.15, 0.2) is 66.1 Å².